The van der Waals surface area contributed by atoms with Gasteiger partial charge in [-0.05, 0) is 37.6 Å². The number of pyridine rings is 1. The first-order valence-corrected chi connectivity index (χ1v) is 5.87. The average molecular weight is 242 g/mol. The Morgan fingerprint density at radius 1 is 1.28 bits per heavy atom. The number of hydrogen-bond acceptors (Lipinski definition) is 4. The van der Waals surface area contributed by atoms with Crippen molar-refractivity contribution in [3.63, 3.8) is 0 Å². The van der Waals surface area contributed by atoms with Gasteiger partial charge in [-0.2, -0.15) is 0 Å². The molecule has 4 nitrogen and oxygen atoms in total. The molecule has 1 aromatic carbocycles. The van der Waals surface area contributed by atoms with Crippen LogP contribution in [0, 0.1) is 0 Å². The molecule has 94 valence electrons. The van der Waals surface area contributed by atoms with Gasteiger partial charge in [0.05, 0.1) is 12.1 Å². The van der Waals surface area contributed by atoms with E-state index in [1.165, 1.54) is 0 Å². The van der Waals surface area contributed by atoms with Crippen LogP contribution < -0.4 is 11.6 Å². The fourth-order valence-corrected chi connectivity index (χ4v) is 1.77. The molecule has 0 aliphatic rings. The highest BCUT2D eigenvalue weighted by Crippen LogP contribution is 2.15. The third-order valence-electron chi connectivity index (χ3n) is 3.02. The molecule has 0 amide bonds. The summed E-state index contributed by atoms with van der Waals surface area (Å²) >= 11 is 0. The predicted molar refractivity (Wildman–Crippen MR) is 74.0 cm³/mol. The number of rotatable bonds is 3. The van der Waals surface area contributed by atoms with Crippen molar-refractivity contribution in [2.45, 2.75) is 20.4 Å². The Morgan fingerprint density at radius 3 is 2.78 bits per heavy atom. The zero-order valence-electron chi connectivity index (χ0n) is 10.7. The normalized spacial score (nSPS) is 12.4. The van der Waals surface area contributed by atoms with Crippen LogP contribution in [-0.4, -0.2) is 9.99 Å². The van der Waals surface area contributed by atoms with Crippen LogP contribution in [0.4, 0.5) is 0 Å². The number of hydrazine groups is 1. The third kappa shape index (κ3) is 2.60. The second-order valence-electron chi connectivity index (χ2n) is 4.43. The molecule has 0 unspecified atom stereocenters. The van der Waals surface area contributed by atoms with E-state index in [1.807, 2.05) is 38.1 Å². The SMILES string of the molecule is C/C(N)=C(\C)N(N)Cc1ccc2ncccc2c1. The first kappa shape index (κ1) is 12.4. The van der Waals surface area contributed by atoms with Gasteiger partial charge in [0.2, 0.25) is 0 Å². The summed E-state index contributed by atoms with van der Waals surface area (Å²) in [5.41, 5.74) is 9.49. The van der Waals surface area contributed by atoms with Gasteiger partial charge in [-0.3, -0.25) is 4.98 Å². The number of fused-ring (bicyclic) bond motifs is 1. The van der Waals surface area contributed by atoms with Crippen molar-refractivity contribution < 1.29 is 0 Å². The lowest BCUT2D eigenvalue weighted by atomic mass is 10.1. The topological polar surface area (TPSA) is 68.2 Å². The van der Waals surface area contributed by atoms with Gasteiger partial charge in [-0.1, -0.05) is 12.1 Å². The number of benzene rings is 1. The lowest BCUT2D eigenvalue weighted by Gasteiger charge is -2.20. The molecule has 1 heterocycles. The molecule has 0 aliphatic carbocycles. The maximum Gasteiger partial charge on any atom is 0.0702 e. The zero-order valence-corrected chi connectivity index (χ0v) is 10.7. The summed E-state index contributed by atoms with van der Waals surface area (Å²) in [5, 5.41) is 2.78. The maximum absolute atomic E-state index is 5.97. The summed E-state index contributed by atoms with van der Waals surface area (Å²) < 4.78 is 0. The molecule has 0 aliphatic heterocycles. The number of aromatic nitrogens is 1. The molecule has 4 N–H and O–H groups in total. The van der Waals surface area contributed by atoms with E-state index in [1.54, 1.807) is 11.2 Å². The molecule has 0 saturated carbocycles. The minimum atomic E-state index is 0.630. The number of nitrogens with two attached hydrogens (primary N) is 2. The van der Waals surface area contributed by atoms with Gasteiger partial charge in [0.1, 0.15) is 0 Å². The van der Waals surface area contributed by atoms with Crippen molar-refractivity contribution >= 4 is 10.9 Å². The molecule has 1 aromatic heterocycles. The fraction of sp³-hybridized carbons (Fsp3) is 0.214. The standard InChI is InChI=1S/C14H18N4/c1-10(15)11(2)18(16)9-12-5-6-14-13(8-12)4-3-7-17-14/h3-8H,9,15-16H2,1-2H3/b11-10-. The van der Waals surface area contributed by atoms with E-state index in [9.17, 15) is 0 Å². The molecular weight excluding hydrogens is 224 g/mol. The zero-order chi connectivity index (χ0) is 13.1. The second kappa shape index (κ2) is 5.06. The summed E-state index contributed by atoms with van der Waals surface area (Å²) in [6, 6.07) is 10.1. The van der Waals surface area contributed by atoms with E-state index in [-0.39, 0.29) is 0 Å². The van der Waals surface area contributed by atoms with Crippen LogP contribution >= 0.6 is 0 Å². The van der Waals surface area contributed by atoms with Gasteiger partial charge in [0.25, 0.3) is 0 Å². The van der Waals surface area contributed by atoms with Crippen LogP contribution in [-0.2, 0) is 6.54 Å². The van der Waals surface area contributed by atoms with Crippen LogP contribution in [0.25, 0.3) is 10.9 Å². The van der Waals surface area contributed by atoms with E-state index in [2.05, 4.69) is 11.1 Å². The van der Waals surface area contributed by atoms with Crippen LogP contribution in [0.2, 0.25) is 0 Å². The number of nitrogens with zero attached hydrogens (tertiary/aromatic N) is 2. The molecule has 0 saturated heterocycles. The quantitative estimate of drug-likeness (QED) is 0.639. The summed E-state index contributed by atoms with van der Waals surface area (Å²) in [6.45, 7) is 4.39. The summed E-state index contributed by atoms with van der Waals surface area (Å²) in [4.78, 5) is 4.29. The first-order valence-electron chi connectivity index (χ1n) is 5.87. The van der Waals surface area contributed by atoms with Crippen molar-refractivity contribution in [2.75, 3.05) is 0 Å². The summed E-state index contributed by atoms with van der Waals surface area (Å²) in [6.07, 6.45) is 1.79. The minimum absolute atomic E-state index is 0.630. The number of allylic oxidation sites excluding steroid dienone is 2. The van der Waals surface area contributed by atoms with Crippen molar-refractivity contribution in [2.24, 2.45) is 11.6 Å². The van der Waals surface area contributed by atoms with Gasteiger partial charge in [-0.15, -0.1) is 0 Å². The Morgan fingerprint density at radius 2 is 2.06 bits per heavy atom. The number of hydrogen-bond donors (Lipinski definition) is 2. The summed E-state index contributed by atoms with van der Waals surface area (Å²) in [5.74, 6) is 5.97. The molecule has 18 heavy (non-hydrogen) atoms. The highest BCUT2D eigenvalue weighted by molar-refractivity contribution is 5.78. The van der Waals surface area contributed by atoms with Crippen molar-refractivity contribution in [1.29, 1.82) is 0 Å². The second-order valence-corrected chi connectivity index (χ2v) is 4.43. The molecule has 0 radical (unpaired) electrons. The molecule has 0 fully saturated rings. The van der Waals surface area contributed by atoms with Crippen LogP contribution in [0.5, 0.6) is 0 Å². The van der Waals surface area contributed by atoms with Gasteiger partial charge < -0.3 is 10.7 Å². The van der Waals surface area contributed by atoms with E-state index in [0.29, 0.717) is 6.54 Å². The Kier molecular flexibility index (Phi) is 3.48. The molecule has 4 heteroatoms. The first-order chi connectivity index (χ1) is 8.58. The smallest absolute Gasteiger partial charge is 0.0702 e. The lowest BCUT2D eigenvalue weighted by molar-refractivity contribution is 0.348. The maximum atomic E-state index is 5.97. The van der Waals surface area contributed by atoms with Crippen molar-refractivity contribution in [3.05, 3.63) is 53.5 Å². The van der Waals surface area contributed by atoms with Crippen molar-refractivity contribution in [3.8, 4) is 0 Å². The third-order valence-corrected chi connectivity index (χ3v) is 3.02. The van der Waals surface area contributed by atoms with E-state index < -0.39 is 0 Å². The van der Waals surface area contributed by atoms with E-state index in [4.69, 9.17) is 11.6 Å². The average Bonchev–Trinajstić information content (AvgIpc) is 2.37. The molecule has 0 bridgehead atoms. The van der Waals surface area contributed by atoms with Crippen LogP contribution in [0.15, 0.2) is 47.9 Å². The Balaban J connectivity index is 2.25. The Bertz CT molecular complexity index is 585. The van der Waals surface area contributed by atoms with Gasteiger partial charge in [0, 0.05) is 23.0 Å². The van der Waals surface area contributed by atoms with Gasteiger partial charge >= 0.3 is 0 Å². The van der Waals surface area contributed by atoms with Gasteiger partial charge in [-0.25, -0.2) is 5.84 Å². The van der Waals surface area contributed by atoms with Crippen LogP contribution in [0.3, 0.4) is 0 Å². The molecular formula is C14H18N4. The van der Waals surface area contributed by atoms with Gasteiger partial charge in [0.15, 0.2) is 0 Å². The molecule has 2 aromatic rings. The van der Waals surface area contributed by atoms with E-state index >= 15 is 0 Å². The van der Waals surface area contributed by atoms with Crippen LogP contribution in [0.1, 0.15) is 19.4 Å². The van der Waals surface area contributed by atoms with E-state index in [0.717, 1.165) is 27.9 Å². The monoisotopic (exact) mass is 242 g/mol. The Hall–Kier alpha value is -2.07. The Labute approximate surface area is 107 Å². The predicted octanol–water partition coefficient (Wildman–Crippen LogP) is 2.12. The lowest BCUT2D eigenvalue weighted by Crippen LogP contribution is -2.30. The highest BCUT2D eigenvalue weighted by atomic mass is 15.4. The molecule has 0 atom stereocenters. The molecule has 2 rings (SSSR count). The minimum Gasteiger partial charge on any atom is -0.401 e. The highest BCUT2D eigenvalue weighted by Gasteiger charge is 2.04. The largest absolute Gasteiger partial charge is 0.401 e. The molecule has 0 spiro atoms. The summed E-state index contributed by atoms with van der Waals surface area (Å²) in [7, 11) is 0. The fourth-order valence-electron chi connectivity index (χ4n) is 1.77. The van der Waals surface area contributed by atoms with Crippen molar-refractivity contribution in [1.82, 2.24) is 9.99 Å².